The monoisotopic (exact) mass is 256 g/mol. The van der Waals surface area contributed by atoms with E-state index in [9.17, 15) is 8.78 Å². The molecule has 2 aromatic rings. The summed E-state index contributed by atoms with van der Waals surface area (Å²) in [6.07, 6.45) is 0. The molecular formula is C11H10F2N2O3. The molecule has 1 aromatic carbocycles. The van der Waals surface area contributed by atoms with Crippen molar-refractivity contribution in [2.45, 2.75) is 0 Å². The fourth-order valence-corrected chi connectivity index (χ4v) is 1.52. The number of hydrogen-bond acceptors (Lipinski definition) is 5. The number of nitrogens with two attached hydrogens (primary N) is 1. The molecular weight excluding hydrogens is 246 g/mol. The Morgan fingerprint density at radius 2 is 1.89 bits per heavy atom. The maximum atomic E-state index is 14.0. The zero-order chi connectivity index (χ0) is 13.3. The first-order valence-electron chi connectivity index (χ1n) is 4.91. The summed E-state index contributed by atoms with van der Waals surface area (Å²) in [6, 6.07) is 2.47. The summed E-state index contributed by atoms with van der Waals surface area (Å²) in [5.41, 5.74) is 5.45. The molecule has 0 aliphatic carbocycles. The van der Waals surface area contributed by atoms with E-state index < -0.39 is 17.4 Å². The van der Waals surface area contributed by atoms with E-state index >= 15 is 0 Å². The van der Waals surface area contributed by atoms with Gasteiger partial charge in [0.15, 0.2) is 17.3 Å². The standard InChI is InChI=1S/C11H10F2N2O3/c1-16-7-3-5(6-4-8(14)18-15-6)9(12)11(17-2)10(7)13/h3-4H,14H2,1-2H3. The van der Waals surface area contributed by atoms with Crippen LogP contribution in [0.3, 0.4) is 0 Å². The molecule has 2 N–H and O–H groups in total. The van der Waals surface area contributed by atoms with Crippen molar-refractivity contribution in [1.29, 1.82) is 0 Å². The molecule has 0 fully saturated rings. The number of aromatic nitrogens is 1. The zero-order valence-corrected chi connectivity index (χ0v) is 9.66. The topological polar surface area (TPSA) is 70.5 Å². The second kappa shape index (κ2) is 4.52. The van der Waals surface area contributed by atoms with Gasteiger partial charge in [0.2, 0.25) is 11.7 Å². The van der Waals surface area contributed by atoms with E-state index in [4.69, 9.17) is 10.5 Å². The molecule has 0 unspecified atom stereocenters. The molecule has 18 heavy (non-hydrogen) atoms. The number of ether oxygens (including phenoxy) is 2. The van der Waals surface area contributed by atoms with Crippen LogP contribution < -0.4 is 15.2 Å². The van der Waals surface area contributed by atoms with E-state index in [1.807, 2.05) is 0 Å². The summed E-state index contributed by atoms with van der Waals surface area (Å²) < 4.78 is 41.8. The lowest BCUT2D eigenvalue weighted by atomic mass is 10.1. The third-order valence-electron chi connectivity index (χ3n) is 2.36. The van der Waals surface area contributed by atoms with Gasteiger partial charge in [0.25, 0.3) is 0 Å². The van der Waals surface area contributed by atoms with E-state index in [0.717, 1.165) is 13.2 Å². The van der Waals surface area contributed by atoms with Crippen molar-refractivity contribution in [2.24, 2.45) is 0 Å². The highest BCUT2D eigenvalue weighted by Crippen LogP contribution is 2.37. The molecule has 0 amide bonds. The number of benzene rings is 1. The molecule has 96 valence electrons. The van der Waals surface area contributed by atoms with Crippen LogP contribution in [0.4, 0.5) is 14.7 Å². The van der Waals surface area contributed by atoms with E-state index in [-0.39, 0.29) is 22.9 Å². The van der Waals surface area contributed by atoms with Crippen molar-refractivity contribution in [3.8, 4) is 22.8 Å². The van der Waals surface area contributed by atoms with E-state index in [1.165, 1.54) is 13.2 Å². The summed E-state index contributed by atoms with van der Waals surface area (Å²) in [6.45, 7) is 0. The van der Waals surface area contributed by atoms with Gasteiger partial charge in [0.1, 0.15) is 5.69 Å². The molecule has 0 saturated heterocycles. The number of nitrogens with zero attached hydrogens (tertiary/aromatic N) is 1. The molecule has 0 bridgehead atoms. The SMILES string of the molecule is COc1cc(-c2cc(N)on2)c(F)c(OC)c1F. The van der Waals surface area contributed by atoms with Gasteiger partial charge in [-0.1, -0.05) is 5.16 Å². The summed E-state index contributed by atoms with van der Waals surface area (Å²) in [7, 11) is 2.42. The summed E-state index contributed by atoms with van der Waals surface area (Å²) in [4.78, 5) is 0. The Labute approximate surface area is 101 Å². The first-order valence-corrected chi connectivity index (χ1v) is 4.91. The van der Waals surface area contributed by atoms with Crippen molar-refractivity contribution in [2.75, 3.05) is 20.0 Å². The number of nitrogen functional groups attached to an aromatic ring is 1. The van der Waals surface area contributed by atoms with Crippen LogP contribution in [-0.4, -0.2) is 19.4 Å². The Hall–Kier alpha value is -2.31. The Balaban J connectivity index is 2.67. The third kappa shape index (κ3) is 1.83. The molecule has 0 saturated carbocycles. The first-order chi connectivity index (χ1) is 8.58. The fraction of sp³-hybridized carbons (Fsp3) is 0.182. The number of halogens is 2. The Kier molecular flexibility index (Phi) is 3.05. The summed E-state index contributed by atoms with van der Waals surface area (Å²) in [5, 5.41) is 3.55. The number of anilines is 1. The second-order valence-corrected chi connectivity index (χ2v) is 3.40. The second-order valence-electron chi connectivity index (χ2n) is 3.40. The summed E-state index contributed by atoms with van der Waals surface area (Å²) >= 11 is 0. The van der Waals surface area contributed by atoms with Crippen molar-refractivity contribution < 1.29 is 22.8 Å². The molecule has 2 rings (SSSR count). The van der Waals surface area contributed by atoms with Crippen molar-refractivity contribution in [1.82, 2.24) is 5.16 Å². The van der Waals surface area contributed by atoms with Crippen LogP contribution in [0.15, 0.2) is 16.7 Å². The van der Waals surface area contributed by atoms with Gasteiger partial charge in [0.05, 0.1) is 14.2 Å². The Morgan fingerprint density at radius 1 is 1.17 bits per heavy atom. The molecule has 0 radical (unpaired) electrons. The molecule has 1 heterocycles. The highest BCUT2D eigenvalue weighted by molar-refractivity contribution is 5.66. The predicted octanol–water partition coefficient (Wildman–Crippen LogP) is 2.22. The van der Waals surface area contributed by atoms with Crippen molar-refractivity contribution >= 4 is 5.88 Å². The lowest BCUT2D eigenvalue weighted by Crippen LogP contribution is -1.99. The van der Waals surface area contributed by atoms with Gasteiger partial charge in [-0.3, -0.25) is 0 Å². The van der Waals surface area contributed by atoms with Gasteiger partial charge in [-0.15, -0.1) is 0 Å². The maximum Gasteiger partial charge on any atom is 0.222 e. The lowest BCUT2D eigenvalue weighted by Gasteiger charge is -2.10. The van der Waals surface area contributed by atoms with Gasteiger partial charge < -0.3 is 19.7 Å². The number of hydrogen-bond donors (Lipinski definition) is 1. The van der Waals surface area contributed by atoms with E-state index in [1.54, 1.807) is 0 Å². The zero-order valence-electron chi connectivity index (χ0n) is 9.66. The van der Waals surface area contributed by atoms with Crippen molar-refractivity contribution in [3.63, 3.8) is 0 Å². The molecule has 5 nitrogen and oxygen atoms in total. The Bertz CT molecular complexity index is 584. The molecule has 7 heteroatoms. The van der Waals surface area contributed by atoms with Crippen LogP contribution in [0.5, 0.6) is 11.5 Å². The van der Waals surface area contributed by atoms with Crippen LogP contribution >= 0.6 is 0 Å². The molecule has 0 aliphatic rings. The molecule has 0 atom stereocenters. The average Bonchev–Trinajstić information content (AvgIpc) is 2.77. The fourth-order valence-electron chi connectivity index (χ4n) is 1.52. The smallest absolute Gasteiger partial charge is 0.222 e. The van der Waals surface area contributed by atoms with Crippen LogP contribution in [0, 0.1) is 11.6 Å². The highest BCUT2D eigenvalue weighted by Gasteiger charge is 2.22. The highest BCUT2D eigenvalue weighted by atomic mass is 19.1. The Morgan fingerprint density at radius 3 is 2.39 bits per heavy atom. The van der Waals surface area contributed by atoms with Crippen LogP contribution in [0.2, 0.25) is 0 Å². The minimum atomic E-state index is -0.919. The maximum absolute atomic E-state index is 14.0. The molecule has 0 aliphatic heterocycles. The van der Waals surface area contributed by atoms with Gasteiger partial charge >= 0.3 is 0 Å². The average molecular weight is 256 g/mol. The normalized spacial score (nSPS) is 10.4. The van der Waals surface area contributed by atoms with Gasteiger partial charge in [-0.05, 0) is 6.07 Å². The number of methoxy groups -OCH3 is 2. The van der Waals surface area contributed by atoms with E-state index in [2.05, 4.69) is 14.4 Å². The van der Waals surface area contributed by atoms with E-state index in [0.29, 0.717) is 0 Å². The van der Waals surface area contributed by atoms with Crippen LogP contribution in [0.1, 0.15) is 0 Å². The van der Waals surface area contributed by atoms with Crippen LogP contribution in [0.25, 0.3) is 11.3 Å². The third-order valence-corrected chi connectivity index (χ3v) is 2.36. The first kappa shape index (κ1) is 12.2. The summed E-state index contributed by atoms with van der Waals surface area (Å²) in [5.74, 6) is -2.51. The largest absolute Gasteiger partial charge is 0.494 e. The quantitative estimate of drug-likeness (QED) is 0.911. The van der Waals surface area contributed by atoms with Gasteiger partial charge in [-0.2, -0.15) is 4.39 Å². The number of rotatable bonds is 3. The minimum absolute atomic E-state index is 0.0201. The molecule has 0 spiro atoms. The van der Waals surface area contributed by atoms with Crippen LogP contribution in [-0.2, 0) is 0 Å². The van der Waals surface area contributed by atoms with Crippen molar-refractivity contribution in [3.05, 3.63) is 23.8 Å². The van der Waals surface area contributed by atoms with Gasteiger partial charge in [-0.25, -0.2) is 4.39 Å². The predicted molar refractivity (Wildman–Crippen MR) is 59.4 cm³/mol. The lowest BCUT2D eigenvalue weighted by molar-refractivity contribution is 0.334. The van der Waals surface area contributed by atoms with Gasteiger partial charge in [0, 0.05) is 11.6 Å². The minimum Gasteiger partial charge on any atom is -0.494 e. The molecule has 1 aromatic heterocycles.